The van der Waals surface area contributed by atoms with E-state index in [0.29, 0.717) is 32.7 Å². The third kappa shape index (κ3) is 9.92. The van der Waals surface area contributed by atoms with Crippen molar-refractivity contribution in [1.29, 1.82) is 0 Å². The fraction of sp³-hybridized carbons (Fsp3) is 0.611. The van der Waals surface area contributed by atoms with Crippen molar-refractivity contribution in [3.63, 3.8) is 0 Å². The molecule has 0 unspecified atom stereocenters. The summed E-state index contributed by atoms with van der Waals surface area (Å²) in [4.78, 5) is 11.7. The van der Waals surface area contributed by atoms with E-state index >= 15 is 0 Å². The lowest BCUT2D eigenvalue weighted by atomic mass is 9.99. The van der Waals surface area contributed by atoms with E-state index in [1.807, 2.05) is 7.05 Å². The molecule has 130 valence electrons. The van der Waals surface area contributed by atoms with Crippen LogP contribution in [0.15, 0.2) is 24.3 Å². The SMILES string of the molecule is CNCc1ccc(NCCNC(=O)CCOCC(C)(C)C)cc1. The van der Waals surface area contributed by atoms with Gasteiger partial charge in [-0.05, 0) is 30.2 Å². The first-order valence-corrected chi connectivity index (χ1v) is 8.22. The second-order valence-electron chi connectivity index (χ2n) is 6.87. The molecule has 0 saturated heterocycles. The van der Waals surface area contributed by atoms with Gasteiger partial charge in [0.2, 0.25) is 5.91 Å². The molecule has 23 heavy (non-hydrogen) atoms. The lowest BCUT2D eigenvalue weighted by Crippen LogP contribution is -2.29. The number of amides is 1. The van der Waals surface area contributed by atoms with Gasteiger partial charge in [-0.15, -0.1) is 0 Å². The van der Waals surface area contributed by atoms with Crippen LogP contribution in [0, 0.1) is 5.41 Å². The molecule has 0 saturated carbocycles. The average Bonchev–Trinajstić information content (AvgIpc) is 2.49. The van der Waals surface area contributed by atoms with Crippen LogP contribution in [0.5, 0.6) is 0 Å². The summed E-state index contributed by atoms with van der Waals surface area (Å²) in [6.07, 6.45) is 0.412. The Bertz CT molecular complexity index is 452. The highest BCUT2D eigenvalue weighted by Crippen LogP contribution is 2.12. The Balaban J connectivity index is 2.08. The van der Waals surface area contributed by atoms with E-state index < -0.39 is 0 Å². The minimum Gasteiger partial charge on any atom is -0.383 e. The van der Waals surface area contributed by atoms with Gasteiger partial charge < -0.3 is 20.7 Å². The van der Waals surface area contributed by atoms with Crippen LogP contribution in [-0.4, -0.2) is 39.3 Å². The molecule has 0 radical (unpaired) electrons. The third-order valence-electron chi connectivity index (χ3n) is 3.12. The zero-order chi connectivity index (χ0) is 17.1. The van der Waals surface area contributed by atoms with Crippen molar-refractivity contribution in [3.05, 3.63) is 29.8 Å². The molecule has 0 fully saturated rings. The summed E-state index contributed by atoms with van der Waals surface area (Å²) in [5, 5.41) is 9.30. The highest BCUT2D eigenvalue weighted by Gasteiger charge is 2.10. The summed E-state index contributed by atoms with van der Waals surface area (Å²) in [7, 11) is 1.93. The van der Waals surface area contributed by atoms with Crippen LogP contribution >= 0.6 is 0 Å². The second kappa shape index (κ2) is 10.2. The van der Waals surface area contributed by atoms with Crippen molar-refractivity contribution < 1.29 is 9.53 Å². The van der Waals surface area contributed by atoms with Crippen molar-refractivity contribution in [2.24, 2.45) is 5.41 Å². The van der Waals surface area contributed by atoms with Gasteiger partial charge in [0.15, 0.2) is 0 Å². The normalized spacial score (nSPS) is 11.3. The Hall–Kier alpha value is -1.59. The van der Waals surface area contributed by atoms with Gasteiger partial charge in [0, 0.05) is 31.7 Å². The van der Waals surface area contributed by atoms with Crippen LogP contribution in [0.2, 0.25) is 0 Å². The fourth-order valence-electron chi connectivity index (χ4n) is 1.98. The van der Waals surface area contributed by atoms with Gasteiger partial charge in [0.25, 0.3) is 0 Å². The highest BCUT2D eigenvalue weighted by atomic mass is 16.5. The molecule has 1 aromatic rings. The molecule has 5 nitrogen and oxygen atoms in total. The lowest BCUT2D eigenvalue weighted by molar-refractivity contribution is -0.122. The van der Waals surface area contributed by atoms with Crippen LogP contribution in [0.1, 0.15) is 32.8 Å². The van der Waals surface area contributed by atoms with Crippen molar-refractivity contribution in [2.45, 2.75) is 33.7 Å². The van der Waals surface area contributed by atoms with E-state index in [2.05, 4.69) is 61.0 Å². The predicted molar refractivity (Wildman–Crippen MR) is 95.6 cm³/mol. The lowest BCUT2D eigenvalue weighted by Gasteiger charge is -2.17. The molecule has 5 heteroatoms. The van der Waals surface area contributed by atoms with Crippen LogP contribution in [0.3, 0.4) is 0 Å². The fourth-order valence-corrected chi connectivity index (χ4v) is 1.98. The van der Waals surface area contributed by atoms with Crippen LogP contribution in [-0.2, 0) is 16.1 Å². The molecular weight excluding hydrogens is 290 g/mol. The third-order valence-corrected chi connectivity index (χ3v) is 3.12. The van der Waals surface area contributed by atoms with Gasteiger partial charge in [-0.25, -0.2) is 0 Å². The largest absolute Gasteiger partial charge is 0.383 e. The van der Waals surface area contributed by atoms with Crippen molar-refractivity contribution in [3.8, 4) is 0 Å². The molecule has 0 aliphatic carbocycles. The van der Waals surface area contributed by atoms with Crippen molar-refractivity contribution in [2.75, 3.05) is 38.7 Å². The van der Waals surface area contributed by atoms with E-state index in [9.17, 15) is 4.79 Å². The summed E-state index contributed by atoms with van der Waals surface area (Å²) in [6.45, 7) is 9.68. The van der Waals surface area contributed by atoms with E-state index in [1.165, 1.54) is 5.56 Å². The van der Waals surface area contributed by atoms with Crippen molar-refractivity contribution in [1.82, 2.24) is 10.6 Å². The van der Waals surface area contributed by atoms with Gasteiger partial charge in [0.1, 0.15) is 0 Å². The molecule has 0 aliphatic rings. The summed E-state index contributed by atoms with van der Waals surface area (Å²) in [6, 6.07) is 8.28. The van der Waals surface area contributed by atoms with Crippen molar-refractivity contribution >= 4 is 11.6 Å². The number of anilines is 1. The van der Waals surface area contributed by atoms with Crippen LogP contribution in [0.4, 0.5) is 5.69 Å². The minimum atomic E-state index is 0.0325. The molecule has 0 heterocycles. The molecule has 1 amide bonds. The Morgan fingerprint density at radius 2 is 1.83 bits per heavy atom. The first kappa shape index (κ1) is 19.5. The smallest absolute Gasteiger partial charge is 0.222 e. The number of hydrogen-bond acceptors (Lipinski definition) is 4. The summed E-state index contributed by atoms with van der Waals surface area (Å²) < 4.78 is 5.49. The van der Waals surface area contributed by atoms with E-state index in [4.69, 9.17) is 4.74 Å². The molecule has 0 atom stereocenters. The minimum absolute atomic E-state index is 0.0325. The second-order valence-corrected chi connectivity index (χ2v) is 6.87. The molecule has 1 rings (SSSR count). The number of carbonyl (C=O) groups is 1. The average molecular weight is 321 g/mol. The Kier molecular flexibility index (Phi) is 8.66. The molecular formula is C18H31N3O2. The van der Waals surface area contributed by atoms with Crippen LogP contribution in [0.25, 0.3) is 0 Å². The molecule has 1 aromatic carbocycles. The number of rotatable bonds is 10. The highest BCUT2D eigenvalue weighted by molar-refractivity contribution is 5.75. The Morgan fingerprint density at radius 1 is 1.13 bits per heavy atom. The van der Waals surface area contributed by atoms with Gasteiger partial charge in [0.05, 0.1) is 13.2 Å². The van der Waals surface area contributed by atoms with E-state index in [-0.39, 0.29) is 11.3 Å². The number of ether oxygens (including phenoxy) is 1. The molecule has 0 spiro atoms. The van der Waals surface area contributed by atoms with E-state index in [0.717, 1.165) is 12.2 Å². The van der Waals surface area contributed by atoms with Gasteiger partial charge in [-0.3, -0.25) is 4.79 Å². The first-order valence-electron chi connectivity index (χ1n) is 8.22. The summed E-state index contributed by atoms with van der Waals surface area (Å²) in [5.74, 6) is 0.0325. The predicted octanol–water partition coefficient (Wildman–Crippen LogP) is 2.39. The van der Waals surface area contributed by atoms with Gasteiger partial charge in [-0.2, -0.15) is 0 Å². The first-order chi connectivity index (χ1) is 10.9. The standard InChI is InChI=1S/C18H31N3O2/c1-18(2,3)14-23-12-9-17(22)21-11-10-20-16-7-5-15(6-8-16)13-19-4/h5-8,19-20H,9-14H2,1-4H3,(H,21,22). The van der Waals surface area contributed by atoms with Gasteiger partial charge >= 0.3 is 0 Å². The summed E-state index contributed by atoms with van der Waals surface area (Å²) >= 11 is 0. The summed E-state index contributed by atoms with van der Waals surface area (Å²) in [5.41, 5.74) is 2.46. The van der Waals surface area contributed by atoms with E-state index in [1.54, 1.807) is 0 Å². The maximum atomic E-state index is 11.7. The Morgan fingerprint density at radius 3 is 2.43 bits per heavy atom. The molecule has 0 bridgehead atoms. The zero-order valence-corrected chi connectivity index (χ0v) is 14.9. The Labute approximate surface area is 140 Å². The van der Waals surface area contributed by atoms with Gasteiger partial charge in [-0.1, -0.05) is 32.9 Å². The maximum absolute atomic E-state index is 11.7. The number of nitrogens with one attached hydrogen (secondary N) is 3. The monoisotopic (exact) mass is 321 g/mol. The maximum Gasteiger partial charge on any atom is 0.222 e. The topological polar surface area (TPSA) is 62.4 Å². The molecule has 0 aliphatic heterocycles. The number of benzene rings is 1. The quantitative estimate of drug-likeness (QED) is 0.579. The van der Waals surface area contributed by atoms with Crippen LogP contribution < -0.4 is 16.0 Å². The molecule has 3 N–H and O–H groups in total. The number of carbonyl (C=O) groups excluding carboxylic acids is 1. The molecule has 0 aromatic heterocycles. The zero-order valence-electron chi connectivity index (χ0n) is 14.9. The number of hydrogen-bond donors (Lipinski definition) is 3.